The molecule has 0 bridgehead atoms. The summed E-state index contributed by atoms with van der Waals surface area (Å²) in [5.41, 5.74) is 37.7. The molecule has 9 heterocycles. The Hall–Kier alpha value is -19.1. The first kappa shape index (κ1) is 82.6. The van der Waals surface area contributed by atoms with Gasteiger partial charge in [-0.1, -0.05) is 443 Å². The third-order valence-corrected chi connectivity index (χ3v) is 32.5. The van der Waals surface area contributed by atoms with Gasteiger partial charge in [-0.2, -0.15) is 0 Å². The fraction of sp³-hybridized carbons (Fsp3) is 0.0213. The number of fused-ring (bicyclic) bond motifs is 37. The molecule has 0 aliphatic carbocycles. The Labute approximate surface area is 848 Å². The van der Waals surface area contributed by atoms with Gasteiger partial charge in [0.05, 0.1) is 66.4 Å². The second kappa shape index (κ2) is 31.9. The summed E-state index contributed by atoms with van der Waals surface area (Å²) in [5.74, 6) is 5.41. The molecule has 147 heavy (non-hydrogen) atoms. The monoisotopic (exact) mass is 1870 g/mol. The van der Waals surface area contributed by atoms with E-state index >= 15 is 0 Å². The molecule has 0 saturated heterocycles. The van der Waals surface area contributed by atoms with E-state index in [9.17, 15) is 0 Å². The zero-order valence-corrected chi connectivity index (χ0v) is 79.8. The topological polar surface area (TPSA) is 42.5 Å². The summed E-state index contributed by atoms with van der Waals surface area (Å²) in [6, 6.07) is 192. The molecule has 0 amide bonds. The van der Waals surface area contributed by atoms with E-state index in [4.69, 9.17) is 14.2 Å². The van der Waals surface area contributed by atoms with Crippen molar-refractivity contribution in [1.82, 2.24) is 13.7 Å². The minimum atomic E-state index is -0.611. The highest BCUT2D eigenvalue weighted by Crippen LogP contribution is 2.67. The van der Waals surface area contributed by atoms with Crippen molar-refractivity contribution in [3.63, 3.8) is 0 Å². The Morgan fingerprint density at radius 3 is 0.884 bits per heavy atom. The highest BCUT2D eigenvalue weighted by Gasteiger charge is 2.55. The van der Waals surface area contributed by atoms with Crippen molar-refractivity contribution in [2.75, 3.05) is 0 Å². The summed E-state index contributed by atoms with van der Waals surface area (Å²) in [4.78, 5) is 0. The van der Waals surface area contributed by atoms with Crippen LogP contribution in [0.1, 0.15) is 66.8 Å². The number of nitrogens with zero attached hydrogens (tertiary/aromatic N) is 3. The molecule has 3 aromatic heterocycles. The Kier molecular flexibility index (Phi) is 17.9. The van der Waals surface area contributed by atoms with Crippen LogP contribution in [0.15, 0.2) is 528 Å². The van der Waals surface area contributed by atoms with Crippen LogP contribution < -0.4 is 14.2 Å². The first-order valence-corrected chi connectivity index (χ1v) is 50.8. The van der Waals surface area contributed by atoms with Crippen LogP contribution in [-0.4, -0.2) is 13.7 Å². The number of rotatable bonds is 6. The molecule has 33 rings (SSSR count). The van der Waals surface area contributed by atoms with Crippen molar-refractivity contribution in [2.24, 2.45) is 0 Å². The van der Waals surface area contributed by atoms with Crippen LogP contribution in [0, 0.1) is 0 Å². The Bertz CT molecular complexity index is 10200. The van der Waals surface area contributed by atoms with Crippen molar-refractivity contribution in [2.45, 2.75) is 16.2 Å². The van der Waals surface area contributed by atoms with Gasteiger partial charge in [0, 0.05) is 82.4 Å². The number of hydrogen-bond donors (Lipinski definition) is 0. The van der Waals surface area contributed by atoms with Gasteiger partial charge in [-0.05, 0) is 201 Å². The minimum absolute atomic E-state index is 0.576. The molecule has 6 nitrogen and oxygen atoms in total. The molecule has 0 saturated carbocycles. The predicted molar refractivity (Wildman–Crippen MR) is 603 cm³/mol. The maximum absolute atomic E-state index is 7.13. The van der Waals surface area contributed by atoms with E-state index in [1.165, 1.54) is 204 Å². The number of hydrogen-bond acceptors (Lipinski definition) is 3. The second-order valence-corrected chi connectivity index (χ2v) is 39.7. The lowest BCUT2D eigenvalue weighted by atomic mass is 9.61. The lowest BCUT2D eigenvalue weighted by Crippen LogP contribution is -2.37. The number of ether oxygens (including phenoxy) is 3. The van der Waals surface area contributed by atoms with Gasteiger partial charge >= 0.3 is 0 Å². The SMILES string of the molecule is c1ccc(-c2cc(-c3ccccc3)cc(-c3cccc4c3Oc3ccccc3C43c4ccccc4-n4c5ccccc5c5cccc3c54)c2)cc1.c1ccc2c(c1)Oc1c(-c3ccc(-c4ccc5ccccc5c4)cc3)cccc1C21c2ccccc2-n2c3ccccc3c3cccc1c32.c1ccc2c(c1)Oc1c(-c3ccc4c(ccc5ccccc54)c3)cccc1C21c2ccccc2-n2c3ccccc3c3cccc1c32. The Morgan fingerprint density at radius 2 is 0.429 bits per heavy atom. The number of para-hydroxylation sites is 15. The molecule has 6 heteroatoms. The third-order valence-electron chi connectivity index (χ3n) is 32.5. The van der Waals surface area contributed by atoms with Crippen molar-refractivity contribution in [1.29, 1.82) is 0 Å². The summed E-state index contributed by atoms with van der Waals surface area (Å²) in [5, 5.41) is 15.1. The van der Waals surface area contributed by atoms with Crippen LogP contribution in [0.5, 0.6) is 34.5 Å². The third kappa shape index (κ3) is 11.7. The molecule has 3 unspecified atom stereocenters. The maximum Gasteiger partial charge on any atom is 0.140 e. The van der Waals surface area contributed by atoms with Gasteiger partial charge in [0.25, 0.3) is 0 Å². The van der Waals surface area contributed by atoms with E-state index in [1.807, 2.05) is 0 Å². The molecule has 0 fully saturated rings. The van der Waals surface area contributed by atoms with Crippen LogP contribution in [0.3, 0.4) is 0 Å². The lowest BCUT2D eigenvalue weighted by Gasteiger charge is -2.45. The van der Waals surface area contributed by atoms with Crippen molar-refractivity contribution in [3.05, 3.63) is 595 Å². The van der Waals surface area contributed by atoms with Gasteiger partial charge in [0.2, 0.25) is 0 Å². The van der Waals surface area contributed by atoms with Crippen LogP contribution in [0.25, 0.3) is 182 Å². The van der Waals surface area contributed by atoms with Crippen molar-refractivity contribution >= 4 is 97.7 Å². The average Bonchev–Trinajstić information content (AvgIpc) is 1.63. The molecule has 27 aromatic rings. The van der Waals surface area contributed by atoms with Crippen LogP contribution >= 0.6 is 0 Å². The fourth-order valence-corrected chi connectivity index (χ4v) is 26.5. The summed E-state index contributed by atoms with van der Waals surface area (Å²) in [6.45, 7) is 0. The highest BCUT2D eigenvalue weighted by atomic mass is 16.5. The fourth-order valence-electron chi connectivity index (χ4n) is 26.5. The lowest BCUT2D eigenvalue weighted by molar-refractivity contribution is 0.435. The molecule has 24 aromatic carbocycles. The van der Waals surface area contributed by atoms with Gasteiger partial charge in [-0.25, -0.2) is 0 Å². The maximum atomic E-state index is 7.13. The van der Waals surface area contributed by atoms with E-state index in [1.54, 1.807) is 0 Å². The summed E-state index contributed by atoms with van der Waals surface area (Å²) >= 11 is 0. The standard InChI is InChI=1S/C49H31NO.C47H29NO.C45H27NO/c1-3-15-32(16-4-1)34-29-35(33-17-5-2-6-18-33)31-36(30-34)37-20-13-25-43-48(37)51-46-28-12-9-23-41(46)49(43)40-22-8-11-27-45(40)50-44-26-10-7-19-38(44)39-21-14-24-42(49)47(39)50;1-2-12-33-29-34(28-25-30(33)11-1)31-23-26-32(27-24-31)35-14-9-19-41-46(35)49-44-22-8-5-17-39(44)47(41)38-16-4-7-21-43(38)48-42-20-6-3-13-36(42)37-15-10-18-40(47)45(37)48;1-2-12-31-28(11-1)23-24-29-27-30(25-26-32(29)31)33-14-9-19-39-44(33)47-42-22-8-5-17-37(42)45(39)36-16-4-7-21-41(36)46-40-20-6-3-13-34(40)35-15-10-18-38(45)43(35)46/h1-31H;1-29H;1-27H. The first-order valence-electron chi connectivity index (χ1n) is 50.8. The van der Waals surface area contributed by atoms with E-state index in [0.29, 0.717) is 0 Å². The summed E-state index contributed by atoms with van der Waals surface area (Å²) in [7, 11) is 0. The summed E-state index contributed by atoms with van der Waals surface area (Å²) < 4.78 is 28.6. The second-order valence-electron chi connectivity index (χ2n) is 39.7. The van der Waals surface area contributed by atoms with E-state index < -0.39 is 16.2 Å². The van der Waals surface area contributed by atoms with Gasteiger partial charge < -0.3 is 27.9 Å². The van der Waals surface area contributed by atoms with Crippen LogP contribution in [0.2, 0.25) is 0 Å². The normalized spacial score (nSPS) is 15.6. The van der Waals surface area contributed by atoms with Gasteiger partial charge in [-0.3, -0.25) is 0 Å². The molecule has 0 radical (unpaired) electrons. The highest BCUT2D eigenvalue weighted by molar-refractivity contribution is 6.16. The van der Waals surface area contributed by atoms with Gasteiger partial charge in [-0.15, -0.1) is 0 Å². The summed E-state index contributed by atoms with van der Waals surface area (Å²) in [6.07, 6.45) is 0. The molecule has 6 aliphatic rings. The molecule has 684 valence electrons. The largest absolute Gasteiger partial charge is 0.456 e. The Balaban J connectivity index is 0.0000001000. The van der Waals surface area contributed by atoms with Gasteiger partial charge in [0.1, 0.15) is 34.5 Å². The molecule has 3 atom stereocenters. The van der Waals surface area contributed by atoms with Crippen molar-refractivity contribution < 1.29 is 14.2 Å². The van der Waals surface area contributed by atoms with E-state index in [0.717, 1.165) is 79.0 Å². The average molecular weight is 1870 g/mol. The number of benzene rings is 24. The van der Waals surface area contributed by atoms with E-state index in [-0.39, 0.29) is 0 Å². The molecular formula is C141H87N3O3. The van der Waals surface area contributed by atoms with Crippen LogP contribution in [-0.2, 0) is 16.2 Å². The molecule has 0 N–H and O–H groups in total. The molecular weight excluding hydrogens is 1780 g/mol. The van der Waals surface area contributed by atoms with Crippen molar-refractivity contribution in [3.8, 4) is 118 Å². The van der Waals surface area contributed by atoms with Gasteiger partial charge in [0.15, 0.2) is 0 Å². The number of aromatic nitrogens is 3. The smallest absolute Gasteiger partial charge is 0.140 e. The molecule has 3 spiro atoms. The zero-order chi connectivity index (χ0) is 96.3. The minimum Gasteiger partial charge on any atom is -0.456 e. The quantitative estimate of drug-likeness (QED) is 0.156. The molecule has 6 aliphatic heterocycles. The van der Waals surface area contributed by atoms with E-state index in [2.05, 4.69) is 541 Å². The van der Waals surface area contributed by atoms with Crippen LogP contribution in [0.4, 0.5) is 0 Å². The zero-order valence-electron chi connectivity index (χ0n) is 79.8. The predicted octanol–water partition coefficient (Wildman–Crippen LogP) is 36.2. The first-order chi connectivity index (χ1) is 72.9. The Morgan fingerprint density at radius 1 is 0.143 bits per heavy atom.